The van der Waals surface area contributed by atoms with Gasteiger partial charge in [0, 0.05) is 24.1 Å². The van der Waals surface area contributed by atoms with Crippen LogP contribution in [0.4, 0.5) is 0 Å². The molecule has 0 saturated carbocycles. The summed E-state index contributed by atoms with van der Waals surface area (Å²) < 4.78 is 6.60. The van der Waals surface area contributed by atoms with Crippen molar-refractivity contribution < 1.29 is 4.74 Å². The van der Waals surface area contributed by atoms with Gasteiger partial charge >= 0.3 is 0 Å². The first-order valence-corrected chi connectivity index (χ1v) is 8.03. The minimum absolute atomic E-state index is 0.108. The molecule has 2 unspecified atom stereocenters. The summed E-state index contributed by atoms with van der Waals surface area (Å²) in [5.74, 6) is 0. The zero-order chi connectivity index (χ0) is 13.5. The van der Waals surface area contributed by atoms with Crippen molar-refractivity contribution in [2.75, 3.05) is 26.3 Å². The lowest BCUT2D eigenvalue weighted by molar-refractivity contribution is 0.0918. The van der Waals surface area contributed by atoms with Crippen LogP contribution in [0.15, 0.2) is 15.9 Å². The minimum atomic E-state index is 0.108. The van der Waals surface area contributed by atoms with Crippen LogP contribution in [0.5, 0.6) is 0 Å². The van der Waals surface area contributed by atoms with Crippen molar-refractivity contribution in [3.8, 4) is 0 Å². The topological polar surface area (TPSA) is 38.5 Å². The normalized spacial score (nSPS) is 15.0. The van der Waals surface area contributed by atoms with Gasteiger partial charge in [-0.15, -0.1) is 11.3 Å². The summed E-state index contributed by atoms with van der Waals surface area (Å²) in [6.45, 7) is 9.70. The SMILES string of the molecule is CCOCCN(CC)C(c1ccc(Br)s1)C(C)N. The van der Waals surface area contributed by atoms with E-state index < -0.39 is 0 Å². The van der Waals surface area contributed by atoms with E-state index in [9.17, 15) is 0 Å². The molecule has 0 radical (unpaired) electrons. The molecule has 1 aromatic heterocycles. The lowest BCUT2D eigenvalue weighted by Crippen LogP contribution is -2.40. The van der Waals surface area contributed by atoms with E-state index in [1.165, 1.54) is 4.88 Å². The summed E-state index contributed by atoms with van der Waals surface area (Å²) in [5.41, 5.74) is 6.17. The maximum absolute atomic E-state index is 6.17. The molecule has 0 amide bonds. The second-order valence-corrected chi connectivity index (χ2v) is 6.77. The fraction of sp³-hybridized carbons (Fsp3) is 0.692. The molecular weight excluding hydrogens is 312 g/mol. The van der Waals surface area contributed by atoms with Crippen LogP contribution >= 0.6 is 27.3 Å². The van der Waals surface area contributed by atoms with Crippen molar-refractivity contribution in [3.05, 3.63) is 20.8 Å². The number of nitrogens with zero attached hydrogens (tertiary/aromatic N) is 1. The first kappa shape index (κ1) is 16.1. The van der Waals surface area contributed by atoms with Crippen LogP contribution < -0.4 is 5.73 Å². The van der Waals surface area contributed by atoms with Gasteiger partial charge < -0.3 is 10.5 Å². The molecule has 0 aromatic carbocycles. The molecule has 0 aliphatic heterocycles. The Kier molecular flexibility index (Phi) is 7.41. The minimum Gasteiger partial charge on any atom is -0.380 e. The lowest BCUT2D eigenvalue weighted by atomic mass is 10.1. The summed E-state index contributed by atoms with van der Waals surface area (Å²) in [7, 11) is 0. The average Bonchev–Trinajstić information content (AvgIpc) is 2.74. The van der Waals surface area contributed by atoms with Crippen LogP contribution in [0.1, 0.15) is 31.7 Å². The first-order chi connectivity index (χ1) is 8.60. The van der Waals surface area contributed by atoms with Crippen molar-refractivity contribution in [1.82, 2.24) is 4.90 Å². The number of rotatable bonds is 8. The average molecular weight is 335 g/mol. The van der Waals surface area contributed by atoms with E-state index in [4.69, 9.17) is 10.5 Å². The molecule has 1 aromatic rings. The molecule has 3 nitrogen and oxygen atoms in total. The van der Waals surface area contributed by atoms with Gasteiger partial charge in [0.2, 0.25) is 0 Å². The first-order valence-electron chi connectivity index (χ1n) is 6.42. The predicted molar refractivity (Wildman–Crippen MR) is 82.1 cm³/mol. The zero-order valence-corrected chi connectivity index (χ0v) is 13.8. The Morgan fingerprint density at radius 1 is 1.44 bits per heavy atom. The van der Waals surface area contributed by atoms with Crippen molar-refractivity contribution in [2.45, 2.75) is 32.9 Å². The van der Waals surface area contributed by atoms with E-state index in [2.05, 4.69) is 46.8 Å². The standard InChI is InChI=1S/C13H23BrN2OS/c1-4-16(8-9-17-5-2)13(10(3)15)11-6-7-12(14)18-11/h6-7,10,13H,4-5,8-9,15H2,1-3H3. The van der Waals surface area contributed by atoms with Gasteiger partial charge in [-0.2, -0.15) is 0 Å². The van der Waals surface area contributed by atoms with Crippen LogP contribution in [0.2, 0.25) is 0 Å². The molecule has 0 fully saturated rings. The van der Waals surface area contributed by atoms with E-state index in [1.807, 2.05) is 6.92 Å². The number of thiophene rings is 1. The summed E-state index contributed by atoms with van der Waals surface area (Å²) >= 11 is 5.28. The molecule has 0 aliphatic carbocycles. The number of ether oxygens (including phenoxy) is 1. The van der Waals surface area contributed by atoms with Crippen molar-refractivity contribution in [1.29, 1.82) is 0 Å². The fourth-order valence-electron chi connectivity index (χ4n) is 2.08. The van der Waals surface area contributed by atoms with Gasteiger partial charge in [-0.05, 0) is 48.5 Å². The molecule has 0 spiro atoms. The Hall–Kier alpha value is 0.0600. The predicted octanol–water partition coefficient (Wildman–Crippen LogP) is 3.26. The van der Waals surface area contributed by atoms with Gasteiger partial charge in [-0.25, -0.2) is 0 Å². The molecule has 5 heteroatoms. The second kappa shape index (κ2) is 8.27. The summed E-state index contributed by atoms with van der Waals surface area (Å²) in [5, 5.41) is 0. The fourth-order valence-corrected chi connectivity index (χ4v) is 3.75. The van der Waals surface area contributed by atoms with Gasteiger partial charge in [-0.3, -0.25) is 4.90 Å². The van der Waals surface area contributed by atoms with Crippen molar-refractivity contribution >= 4 is 27.3 Å². The number of hydrogen-bond donors (Lipinski definition) is 1. The molecule has 18 heavy (non-hydrogen) atoms. The molecule has 2 N–H and O–H groups in total. The Labute approximate surface area is 122 Å². The van der Waals surface area contributed by atoms with Gasteiger partial charge in [0.05, 0.1) is 16.4 Å². The van der Waals surface area contributed by atoms with E-state index in [0.717, 1.165) is 30.1 Å². The van der Waals surface area contributed by atoms with Crippen molar-refractivity contribution in [2.24, 2.45) is 5.73 Å². The largest absolute Gasteiger partial charge is 0.380 e. The third kappa shape index (κ3) is 4.63. The number of halogens is 1. The zero-order valence-electron chi connectivity index (χ0n) is 11.4. The third-order valence-corrected chi connectivity index (χ3v) is 4.60. The van der Waals surface area contributed by atoms with Gasteiger partial charge in [0.1, 0.15) is 0 Å². The van der Waals surface area contributed by atoms with Crippen LogP contribution in [-0.4, -0.2) is 37.2 Å². The van der Waals surface area contributed by atoms with E-state index in [-0.39, 0.29) is 12.1 Å². The molecule has 2 atom stereocenters. The summed E-state index contributed by atoms with van der Waals surface area (Å²) in [6.07, 6.45) is 0. The number of hydrogen-bond acceptors (Lipinski definition) is 4. The summed E-state index contributed by atoms with van der Waals surface area (Å²) in [6, 6.07) is 4.63. The molecule has 0 bridgehead atoms. The van der Waals surface area contributed by atoms with Crippen molar-refractivity contribution in [3.63, 3.8) is 0 Å². The van der Waals surface area contributed by atoms with Gasteiger partial charge in [0.25, 0.3) is 0 Å². The molecule has 0 aliphatic rings. The summed E-state index contributed by atoms with van der Waals surface area (Å²) in [4.78, 5) is 3.70. The maximum atomic E-state index is 6.17. The Morgan fingerprint density at radius 2 is 2.17 bits per heavy atom. The molecule has 0 saturated heterocycles. The highest BCUT2D eigenvalue weighted by Crippen LogP contribution is 2.32. The van der Waals surface area contributed by atoms with E-state index >= 15 is 0 Å². The van der Waals surface area contributed by atoms with E-state index in [0.29, 0.717) is 0 Å². The number of likely N-dealkylation sites (N-methyl/N-ethyl adjacent to an activating group) is 1. The quantitative estimate of drug-likeness (QED) is 0.741. The van der Waals surface area contributed by atoms with E-state index in [1.54, 1.807) is 11.3 Å². The maximum Gasteiger partial charge on any atom is 0.0702 e. The van der Waals surface area contributed by atoms with Crippen LogP contribution in [0, 0.1) is 0 Å². The van der Waals surface area contributed by atoms with Gasteiger partial charge in [-0.1, -0.05) is 6.92 Å². The molecule has 1 heterocycles. The van der Waals surface area contributed by atoms with Gasteiger partial charge in [0.15, 0.2) is 0 Å². The molecule has 1 rings (SSSR count). The van der Waals surface area contributed by atoms with Crippen LogP contribution in [0.25, 0.3) is 0 Å². The Bertz CT molecular complexity index is 343. The Morgan fingerprint density at radius 3 is 2.61 bits per heavy atom. The van der Waals surface area contributed by atoms with Crippen LogP contribution in [-0.2, 0) is 4.74 Å². The molecular formula is C13H23BrN2OS. The third-order valence-electron chi connectivity index (χ3n) is 2.91. The lowest BCUT2D eigenvalue weighted by Gasteiger charge is -2.32. The monoisotopic (exact) mass is 334 g/mol. The second-order valence-electron chi connectivity index (χ2n) is 4.27. The number of nitrogens with two attached hydrogens (primary N) is 1. The highest BCUT2D eigenvalue weighted by atomic mass is 79.9. The smallest absolute Gasteiger partial charge is 0.0702 e. The Balaban J connectivity index is 2.75. The highest BCUT2D eigenvalue weighted by molar-refractivity contribution is 9.11. The van der Waals surface area contributed by atoms with Crippen LogP contribution in [0.3, 0.4) is 0 Å². The highest BCUT2D eigenvalue weighted by Gasteiger charge is 2.24. The molecule has 104 valence electrons.